The number of hydrogen-bond acceptors (Lipinski definition) is 4. The van der Waals surface area contributed by atoms with Crippen LogP contribution in [0.5, 0.6) is 0 Å². The van der Waals surface area contributed by atoms with Crippen LogP contribution in [-0.2, 0) is 6.18 Å². The van der Waals surface area contributed by atoms with Crippen LogP contribution < -0.4 is 10.5 Å². The van der Waals surface area contributed by atoms with Gasteiger partial charge in [0.25, 0.3) is 5.56 Å². The van der Waals surface area contributed by atoms with E-state index in [4.69, 9.17) is 0 Å². The summed E-state index contributed by atoms with van der Waals surface area (Å²) in [5, 5.41) is 9.30. The van der Waals surface area contributed by atoms with Crippen LogP contribution >= 0.6 is 0 Å². The molecule has 0 fully saturated rings. The molecule has 0 unspecified atom stereocenters. The number of hydrogen-bond donors (Lipinski definition) is 1. The van der Waals surface area contributed by atoms with Crippen molar-refractivity contribution in [1.29, 1.82) is 5.26 Å². The molecule has 0 saturated heterocycles. The van der Waals surface area contributed by atoms with E-state index in [1.807, 2.05) is 6.07 Å². The number of nitrogens with zero attached hydrogens (tertiary/aromatic N) is 3. The standard InChI is InChI=1S/C21H17F3N4O/c1-12-8-16(18(10-25)20(29)27-12)13-4-6-14(7-5-13)17-9-15(21(22,23)24)11-26-19(17)28(2)3/h4-9,11H,1-3H3,(H,27,29). The van der Waals surface area contributed by atoms with Crippen LogP contribution in [0.4, 0.5) is 19.0 Å². The number of aryl methyl sites for hydroxylation is 1. The van der Waals surface area contributed by atoms with Crippen LogP contribution in [0, 0.1) is 18.3 Å². The average molecular weight is 398 g/mol. The first-order valence-corrected chi connectivity index (χ1v) is 8.61. The number of aromatic nitrogens is 2. The van der Waals surface area contributed by atoms with Gasteiger partial charge in [0.15, 0.2) is 0 Å². The van der Waals surface area contributed by atoms with Crippen molar-refractivity contribution in [1.82, 2.24) is 9.97 Å². The largest absolute Gasteiger partial charge is 0.417 e. The van der Waals surface area contributed by atoms with E-state index in [0.29, 0.717) is 33.8 Å². The van der Waals surface area contributed by atoms with E-state index in [9.17, 15) is 23.2 Å². The van der Waals surface area contributed by atoms with Gasteiger partial charge in [-0.15, -0.1) is 0 Å². The molecular formula is C21H17F3N4O. The van der Waals surface area contributed by atoms with Crippen molar-refractivity contribution in [3.05, 3.63) is 69.8 Å². The summed E-state index contributed by atoms with van der Waals surface area (Å²) in [7, 11) is 3.40. The summed E-state index contributed by atoms with van der Waals surface area (Å²) in [4.78, 5) is 20.2. The van der Waals surface area contributed by atoms with Gasteiger partial charge in [-0.25, -0.2) is 4.98 Å². The van der Waals surface area contributed by atoms with Crippen molar-refractivity contribution >= 4 is 5.82 Å². The number of pyridine rings is 2. The highest BCUT2D eigenvalue weighted by Crippen LogP contribution is 2.36. The fourth-order valence-electron chi connectivity index (χ4n) is 3.04. The second kappa shape index (κ2) is 7.43. The molecule has 0 saturated carbocycles. The predicted molar refractivity (Wildman–Crippen MR) is 105 cm³/mol. The highest BCUT2D eigenvalue weighted by atomic mass is 19.4. The zero-order chi connectivity index (χ0) is 21.3. The number of nitriles is 1. The molecule has 0 bridgehead atoms. The topological polar surface area (TPSA) is 72.8 Å². The maximum atomic E-state index is 13.1. The van der Waals surface area contributed by atoms with E-state index < -0.39 is 17.3 Å². The molecule has 0 spiro atoms. The third-order valence-electron chi connectivity index (χ3n) is 4.40. The lowest BCUT2D eigenvalue weighted by atomic mass is 9.97. The highest BCUT2D eigenvalue weighted by molar-refractivity contribution is 5.79. The fraction of sp³-hybridized carbons (Fsp3) is 0.190. The molecule has 0 radical (unpaired) electrons. The predicted octanol–water partition coefficient (Wildman–Crippen LogP) is 4.37. The molecule has 1 aromatic carbocycles. The number of aromatic amines is 1. The third-order valence-corrected chi connectivity index (χ3v) is 4.40. The molecule has 0 aliphatic rings. The maximum Gasteiger partial charge on any atom is 0.417 e. The van der Waals surface area contributed by atoms with E-state index in [-0.39, 0.29) is 5.56 Å². The summed E-state index contributed by atoms with van der Waals surface area (Å²) in [5.74, 6) is 0.399. The summed E-state index contributed by atoms with van der Waals surface area (Å²) in [5.41, 5.74) is 1.22. The minimum Gasteiger partial charge on any atom is -0.362 e. The Morgan fingerprint density at radius 1 is 1.07 bits per heavy atom. The minimum atomic E-state index is -4.50. The lowest BCUT2D eigenvalue weighted by Gasteiger charge is -2.18. The summed E-state index contributed by atoms with van der Waals surface area (Å²) in [6.45, 7) is 1.71. The Balaban J connectivity index is 2.13. The molecule has 2 heterocycles. The highest BCUT2D eigenvalue weighted by Gasteiger charge is 2.32. The van der Waals surface area contributed by atoms with Gasteiger partial charge in [0.05, 0.1) is 5.56 Å². The molecular weight excluding hydrogens is 381 g/mol. The van der Waals surface area contributed by atoms with Crippen molar-refractivity contribution in [2.45, 2.75) is 13.1 Å². The van der Waals surface area contributed by atoms with Gasteiger partial charge in [-0.3, -0.25) is 4.79 Å². The molecule has 148 valence electrons. The number of rotatable bonds is 3. The summed E-state index contributed by atoms with van der Waals surface area (Å²) >= 11 is 0. The van der Waals surface area contributed by atoms with Gasteiger partial charge in [-0.1, -0.05) is 24.3 Å². The van der Waals surface area contributed by atoms with Crippen LogP contribution in [0.3, 0.4) is 0 Å². The van der Waals surface area contributed by atoms with Gasteiger partial charge >= 0.3 is 6.18 Å². The zero-order valence-electron chi connectivity index (χ0n) is 15.9. The lowest BCUT2D eigenvalue weighted by molar-refractivity contribution is -0.137. The SMILES string of the molecule is Cc1cc(-c2ccc(-c3cc(C(F)(F)F)cnc3N(C)C)cc2)c(C#N)c(=O)[nH]1. The van der Waals surface area contributed by atoms with Gasteiger partial charge in [-0.2, -0.15) is 18.4 Å². The van der Waals surface area contributed by atoms with E-state index in [1.54, 1.807) is 56.3 Å². The number of benzene rings is 1. The molecule has 0 atom stereocenters. The van der Waals surface area contributed by atoms with E-state index in [0.717, 1.165) is 12.3 Å². The van der Waals surface area contributed by atoms with Gasteiger partial charge in [-0.05, 0) is 30.2 Å². The molecule has 3 aromatic rings. The van der Waals surface area contributed by atoms with Crippen LogP contribution in [0.2, 0.25) is 0 Å². The number of H-pyrrole nitrogens is 1. The Bertz CT molecular complexity index is 1160. The van der Waals surface area contributed by atoms with Crippen LogP contribution in [0.25, 0.3) is 22.3 Å². The van der Waals surface area contributed by atoms with Gasteiger partial charge < -0.3 is 9.88 Å². The monoisotopic (exact) mass is 398 g/mol. The van der Waals surface area contributed by atoms with Gasteiger partial charge in [0.1, 0.15) is 17.5 Å². The van der Waals surface area contributed by atoms with Gasteiger partial charge in [0.2, 0.25) is 0 Å². The lowest BCUT2D eigenvalue weighted by Crippen LogP contribution is -2.14. The fourth-order valence-corrected chi connectivity index (χ4v) is 3.04. The number of halogens is 3. The third kappa shape index (κ3) is 3.99. The maximum absolute atomic E-state index is 13.1. The Morgan fingerprint density at radius 3 is 2.17 bits per heavy atom. The number of anilines is 1. The van der Waals surface area contributed by atoms with Crippen molar-refractivity contribution in [2.75, 3.05) is 19.0 Å². The quantitative estimate of drug-likeness (QED) is 0.711. The second-order valence-corrected chi connectivity index (χ2v) is 6.75. The van der Waals surface area contributed by atoms with E-state index in [1.165, 1.54) is 0 Å². The van der Waals surface area contributed by atoms with E-state index in [2.05, 4.69) is 9.97 Å². The van der Waals surface area contributed by atoms with Crippen molar-refractivity contribution < 1.29 is 13.2 Å². The average Bonchev–Trinajstić information content (AvgIpc) is 2.66. The summed E-state index contributed by atoms with van der Waals surface area (Å²) < 4.78 is 39.4. The molecule has 1 N–H and O–H groups in total. The molecule has 8 heteroatoms. The van der Waals surface area contributed by atoms with Crippen LogP contribution in [-0.4, -0.2) is 24.1 Å². The molecule has 2 aromatic heterocycles. The molecule has 5 nitrogen and oxygen atoms in total. The number of nitrogens with one attached hydrogen (secondary N) is 1. The molecule has 3 rings (SSSR count). The first-order chi connectivity index (χ1) is 13.6. The summed E-state index contributed by atoms with van der Waals surface area (Å²) in [6, 6.07) is 11.3. The summed E-state index contributed by atoms with van der Waals surface area (Å²) in [6.07, 6.45) is -3.69. The number of alkyl halides is 3. The van der Waals surface area contributed by atoms with Crippen molar-refractivity contribution in [3.63, 3.8) is 0 Å². The van der Waals surface area contributed by atoms with Crippen molar-refractivity contribution in [3.8, 4) is 28.3 Å². The second-order valence-electron chi connectivity index (χ2n) is 6.75. The smallest absolute Gasteiger partial charge is 0.362 e. The Labute approximate surface area is 165 Å². The van der Waals surface area contributed by atoms with Crippen LogP contribution in [0.15, 0.2) is 47.4 Å². The Kier molecular flexibility index (Phi) is 5.16. The van der Waals surface area contributed by atoms with Gasteiger partial charge in [0, 0.05) is 37.1 Å². The Hall–Kier alpha value is -3.60. The van der Waals surface area contributed by atoms with E-state index >= 15 is 0 Å². The first kappa shape index (κ1) is 20.1. The molecule has 0 aliphatic carbocycles. The minimum absolute atomic E-state index is 0.0157. The van der Waals surface area contributed by atoms with Crippen molar-refractivity contribution in [2.24, 2.45) is 0 Å². The molecule has 0 amide bonds. The first-order valence-electron chi connectivity index (χ1n) is 8.61. The van der Waals surface area contributed by atoms with Crippen LogP contribution in [0.1, 0.15) is 16.8 Å². The molecule has 29 heavy (non-hydrogen) atoms. The molecule has 0 aliphatic heterocycles. The zero-order valence-corrected chi connectivity index (χ0v) is 15.9. The normalized spacial score (nSPS) is 11.2. The Morgan fingerprint density at radius 2 is 1.66 bits per heavy atom.